The van der Waals surface area contributed by atoms with Crippen molar-refractivity contribution in [3.05, 3.63) is 38.5 Å². The quantitative estimate of drug-likeness (QED) is 0.319. The summed E-state index contributed by atoms with van der Waals surface area (Å²) in [6.45, 7) is 3.36. The van der Waals surface area contributed by atoms with Gasteiger partial charge in [-0.15, -0.1) is 12.4 Å². The molecule has 2 aromatic heterocycles. The molecule has 1 saturated heterocycles. The van der Waals surface area contributed by atoms with Crippen molar-refractivity contribution in [1.29, 1.82) is 0 Å². The maximum atomic E-state index is 13.2. The molecular weight excluding hydrogens is 548 g/mol. The zero-order chi connectivity index (χ0) is 28.3. The zero-order valence-corrected chi connectivity index (χ0v) is 24.0. The van der Waals surface area contributed by atoms with Gasteiger partial charge in [-0.3, -0.25) is 18.8 Å². The van der Waals surface area contributed by atoms with Crippen molar-refractivity contribution in [2.75, 3.05) is 72.2 Å². The minimum absolute atomic E-state index is 0. The number of halogens is 1. The van der Waals surface area contributed by atoms with Crippen molar-refractivity contribution in [3.63, 3.8) is 0 Å². The number of piperazine rings is 1. The summed E-state index contributed by atoms with van der Waals surface area (Å²) in [5, 5.41) is 9.26. The van der Waals surface area contributed by atoms with Gasteiger partial charge in [0.1, 0.15) is 6.61 Å². The fourth-order valence-corrected chi connectivity index (χ4v) is 4.71. The molecular formula is C25H35ClN6O8. The van der Waals surface area contributed by atoms with Crippen LogP contribution in [0.15, 0.2) is 21.7 Å². The SMILES string of the molecule is COc1cc(C(=O)OCCn2c(N3CCN(CCO)CC3)nc3c2c(=O)n(C)c(=O)n3C)cc(OC)c1OC.Cl. The van der Waals surface area contributed by atoms with Crippen molar-refractivity contribution in [2.24, 2.45) is 14.1 Å². The van der Waals surface area contributed by atoms with E-state index in [0.29, 0.717) is 55.9 Å². The predicted octanol–water partition coefficient (Wildman–Crippen LogP) is -0.147. The molecule has 4 rings (SSSR count). The summed E-state index contributed by atoms with van der Waals surface area (Å²) < 4.78 is 25.6. The van der Waals surface area contributed by atoms with Gasteiger partial charge in [-0.05, 0) is 12.1 Å². The van der Waals surface area contributed by atoms with E-state index in [1.807, 2.05) is 4.90 Å². The molecule has 3 heterocycles. The van der Waals surface area contributed by atoms with E-state index in [0.717, 1.165) is 4.57 Å². The topological polar surface area (TPSA) is 143 Å². The summed E-state index contributed by atoms with van der Waals surface area (Å²) in [5.74, 6) is 0.883. The summed E-state index contributed by atoms with van der Waals surface area (Å²) in [6.07, 6.45) is 0. The van der Waals surface area contributed by atoms with Gasteiger partial charge in [-0.25, -0.2) is 9.59 Å². The van der Waals surface area contributed by atoms with Gasteiger partial charge in [0.2, 0.25) is 11.7 Å². The Morgan fingerprint density at radius 2 is 1.57 bits per heavy atom. The normalized spacial score (nSPS) is 13.7. The Bertz CT molecular complexity index is 1450. The van der Waals surface area contributed by atoms with Gasteiger partial charge >= 0.3 is 11.7 Å². The second-order valence-corrected chi connectivity index (χ2v) is 9.04. The Kier molecular flexibility index (Phi) is 10.1. The Hall–Kier alpha value is -3.75. The maximum absolute atomic E-state index is 13.2. The van der Waals surface area contributed by atoms with Gasteiger partial charge in [0.15, 0.2) is 22.7 Å². The lowest BCUT2D eigenvalue weighted by atomic mass is 10.2. The Balaban J connectivity index is 0.00000441. The average Bonchev–Trinajstić information content (AvgIpc) is 3.34. The van der Waals surface area contributed by atoms with E-state index in [1.54, 1.807) is 11.6 Å². The van der Waals surface area contributed by atoms with E-state index in [2.05, 4.69) is 9.88 Å². The molecule has 1 aliphatic rings. The summed E-state index contributed by atoms with van der Waals surface area (Å²) in [5.41, 5.74) is -0.256. The predicted molar refractivity (Wildman–Crippen MR) is 150 cm³/mol. The van der Waals surface area contributed by atoms with E-state index in [9.17, 15) is 19.5 Å². The highest BCUT2D eigenvalue weighted by Gasteiger charge is 2.26. The number of benzene rings is 1. The van der Waals surface area contributed by atoms with E-state index in [-0.39, 0.29) is 48.9 Å². The minimum Gasteiger partial charge on any atom is -0.493 e. The van der Waals surface area contributed by atoms with E-state index >= 15 is 0 Å². The Morgan fingerprint density at radius 3 is 2.12 bits per heavy atom. The van der Waals surface area contributed by atoms with Crippen LogP contribution < -0.4 is 30.4 Å². The molecule has 1 aromatic carbocycles. The van der Waals surface area contributed by atoms with Gasteiger partial charge in [0.25, 0.3) is 5.56 Å². The lowest BCUT2D eigenvalue weighted by molar-refractivity contribution is 0.0491. The zero-order valence-electron chi connectivity index (χ0n) is 23.2. The monoisotopic (exact) mass is 582 g/mol. The minimum atomic E-state index is -0.613. The highest BCUT2D eigenvalue weighted by atomic mass is 35.5. The second kappa shape index (κ2) is 13.1. The molecule has 0 radical (unpaired) electrons. The van der Waals surface area contributed by atoms with Crippen LogP contribution in [-0.4, -0.2) is 102 Å². The van der Waals surface area contributed by atoms with Gasteiger partial charge in [-0.2, -0.15) is 4.98 Å². The van der Waals surface area contributed by atoms with Crippen molar-refractivity contribution < 1.29 is 28.8 Å². The first-order valence-electron chi connectivity index (χ1n) is 12.5. The van der Waals surface area contributed by atoms with Crippen LogP contribution in [0.5, 0.6) is 17.2 Å². The molecule has 220 valence electrons. The number of carbonyl (C=O) groups excluding carboxylic acids is 1. The van der Waals surface area contributed by atoms with Gasteiger partial charge in [0, 0.05) is 46.8 Å². The Labute approximate surface area is 236 Å². The fraction of sp³-hybridized carbons (Fsp3) is 0.520. The van der Waals surface area contributed by atoms with Crippen LogP contribution >= 0.6 is 12.4 Å². The van der Waals surface area contributed by atoms with E-state index in [1.165, 1.54) is 45.1 Å². The van der Waals surface area contributed by atoms with Crippen LogP contribution in [0.3, 0.4) is 0 Å². The highest BCUT2D eigenvalue weighted by Crippen LogP contribution is 2.38. The van der Waals surface area contributed by atoms with Crippen molar-refractivity contribution in [1.82, 2.24) is 23.6 Å². The number of fused-ring (bicyclic) bond motifs is 1. The number of hydrogen-bond acceptors (Lipinski definition) is 11. The Morgan fingerprint density at radius 1 is 0.950 bits per heavy atom. The molecule has 40 heavy (non-hydrogen) atoms. The third kappa shape index (κ3) is 5.74. The number of β-amino-alcohol motifs (C(OH)–C–C–N with tert-alkyl or cyclic N) is 1. The summed E-state index contributed by atoms with van der Waals surface area (Å²) >= 11 is 0. The molecule has 0 atom stereocenters. The number of nitrogens with zero attached hydrogens (tertiary/aromatic N) is 6. The third-order valence-corrected chi connectivity index (χ3v) is 6.85. The molecule has 0 unspecified atom stereocenters. The lowest BCUT2D eigenvalue weighted by Crippen LogP contribution is -2.48. The van der Waals surface area contributed by atoms with Gasteiger partial charge in [0.05, 0.1) is 40.0 Å². The van der Waals surface area contributed by atoms with Crippen LogP contribution in [0.4, 0.5) is 5.95 Å². The maximum Gasteiger partial charge on any atom is 0.338 e. The van der Waals surface area contributed by atoms with Gasteiger partial charge in [-0.1, -0.05) is 0 Å². The molecule has 1 N–H and O–H groups in total. The number of aromatic nitrogens is 4. The molecule has 1 fully saturated rings. The van der Waals surface area contributed by atoms with Crippen LogP contribution in [0, 0.1) is 0 Å². The fourth-order valence-electron chi connectivity index (χ4n) is 4.71. The van der Waals surface area contributed by atoms with Crippen LogP contribution in [0.2, 0.25) is 0 Å². The molecule has 0 saturated carbocycles. The van der Waals surface area contributed by atoms with E-state index in [4.69, 9.17) is 18.9 Å². The number of rotatable bonds is 10. The molecule has 15 heteroatoms. The van der Waals surface area contributed by atoms with Crippen molar-refractivity contribution >= 4 is 35.5 Å². The number of anilines is 1. The van der Waals surface area contributed by atoms with Crippen LogP contribution in [0.1, 0.15) is 10.4 Å². The first-order chi connectivity index (χ1) is 18.7. The van der Waals surface area contributed by atoms with Crippen molar-refractivity contribution in [2.45, 2.75) is 6.54 Å². The average molecular weight is 583 g/mol. The molecule has 3 aromatic rings. The molecule has 1 aliphatic heterocycles. The number of hydrogen-bond donors (Lipinski definition) is 1. The highest BCUT2D eigenvalue weighted by molar-refractivity contribution is 5.91. The summed E-state index contributed by atoms with van der Waals surface area (Å²) in [7, 11) is 7.36. The number of carbonyl (C=O) groups is 1. The molecule has 14 nitrogen and oxygen atoms in total. The number of ether oxygens (including phenoxy) is 4. The largest absolute Gasteiger partial charge is 0.493 e. The number of methoxy groups -OCH3 is 3. The summed E-state index contributed by atoms with van der Waals surface area (Å²) in [4.78, 5) is 47.5. The first-order valence-corrected chi connectivity index (χ1v) is 12.5. The number of aryl methyl sites for hydroxylation is 1. The number of aliphatic hydroxyl groups is 1. The van der Waals surface area contributed by atoms with Crippen molar-refractivity contribution in [3.8, 4) is 17.2 Å². The number of aliphatic hydroxyl groups excluding tert-OH is 1. The second-order valence-electron chi connectivity index (χ2n) is 9.04. The third-order valence-electron chi connectivity index (χ3n) is 6.85. The smallest absolute Gasteiger partial charge is 0.338 e. The van der Waals surface area contributed by atoms with Crippen LogP contribution in [0.25, 0.3) is 11.2 Å². The molecule has 0 amide bonds. The first kappa shape index (κ1) is 30.8. The standard InChI is InChI=1S/C25H34N6O8.ClH/c1-27-21-19(22(33)28(2)25(27)35)31(24(26-21)30-8-6-29(7-9-30)10-12-32)11-13-39-23(34)16-14-17(36-3)20(38-5)18(15-16)37-4;/h14-15,32H,6-13H2,1-5H3;1H. The van der Waals surface area contributed by atoms with Crippen LogP contribution in [-0.2, 0) is 25.4 Å². The van der Waals surface area contributed by atoms with Gasteiger partial charge < -0.3 is 33.5 Å². The number of imidazole rings is 1. The molecule has 0 aliphatic carbocycles. The lowest BCUT2D eigenvalue weighted by Gasteiger charge is -2.35. The van der Waals surface area contributed by atoms with E-state index < -0.39 is 17.2 Å². The molecule has 0 bridgehead atoms. The number of esters is 1. The summed E-state index contributed by atoms with van der Waals surface area (Å²) in [6, 6.07) is 3.00. The molecule has 0 spiro atoms.